The van der Waals surface area contributed by atoms with Crippen molar-refractivity contribution in [1.29, 1.82) is 0 Å². The number of likely N-dealkylation sites (tertiary alicyclic amines) is 1. The Morgan fingerprint density at radius 1 is 1.27 bits per heavy atom. The van der Waals surface area contributed by atoms with Crippen molar-refractivity contribution in [2.75, 3.05) is 25.4 Å². The van der Waals surface area contributed by atoms with Crippen molar-refractivity contribution in [2.24, 2.45) is 0 Å². The number of piperidine rings is 1. The Bertz CT molecular complexity index is 804. The molecule has 0 spiro atoms. The van der Waals surface area contributed by atoms with Crippen LogP contribution in [-0.2, 0) is 28.3 Å². The third-order valence-electron chi connectivity index (χ3n) is 5.07. The molecule has 0 aliphatic carbocycles. The summed E-state index contributed by atoms with van der Waals surface area (Å²) in [4.78, 5) is 30.7. The molecule has 30 heavy (non-hydrogen) atoms. The zero-order chi connectivity index (χ0) is 21.2. The van der Waals surface area contributed by atoms with Gasteiger partial charge in [-0.05, 0) is 43.0 Å². The number of pyridine rings is 1. The summed E-state index contributed by atoms with van der Waals surface area (Å²) in [6.45, 7) is 2.69. The average molecular weight is 432 g/mol. The van der Waals surface area contributed by atoms with Crippen molar-refractivity contribution >= 4 is 23.5 Å². The average Bonchev–Trinajstić information content (AvgIpc) is 3.26. The topological polar surface area (TPSA) is 95.7 Å². The van der Waals surface area contributed by atoms with E-state index in [1.807, 2.05) is 18.2 Å². The van der Waals surface area contributed by atoms with Crippen LogP contribution < -0.4 is 5.32 Å². The Hall–Kier alpha value is -2.16. The zero-order valence-electron chi connectivity index (χ0n) is 17.1. The number of nitrogens with zero attached hydrogens (tertiary/aromatic N) is 2. The number of hydrogen-bond donors (Lipinski definition) is 2. The van der Waals surface area contributed by atoms with E-state index in [4.69, 9.17) is 4.42 Å². The molecule has 1 fully saturated rings. The van der Waals surface area contributed by atoms with Crippen LogP contribution in [0.4, 0.5) is 0 Å². The van der Waals surface area contributed by atoms with Gasteiger partial charge in [-0.3, -0.25) is 19.5 Å². The van der Waals surface area contributed by atoms with Crippen molar-refractivity contribution in [3.63, 3.8) is 0 Å². The lowest BCUT2D eigenvalue weighted by molar-refractivity contribution is -0.123. The van der Waals surface area contributed by atoms with Crippen LogP contribution in [0.15, 0.2) is 41.3 Å². The lowest BCUT2D eigenvalue weighted by atomic mass is 10.1. The fourth-order valence-electron chi connectivity index (χ4n) is 3.34. The summed E-state index contributed by atoms with van der Waals surface area (Å²) in [6.07, 6.45) is 7.45. The summed E-state index contributed by atoms with van der Waals surface area (Å²) in [5.74, 6) is 0.886. The number of carbonyl (C=O) groups is 2. The van der Waals surface area contributed by atoms with Gasteiger partial charge >= 0.3 is 0 Å². The van der Waals surface area contributed by atoms with Gasteiger partial charge in [0.2, 0.25) is 5.91 Å². The number of aliphatic hydroxyl groups is 1. The Kier molecular flexibility index (Phi) is 8.92. The molecule has 7 nitrogen and oxygen atoms in total. The van der Waals surface area contributed by atoms with E-state index in [0.717, 1.165) is 43.7 Å². The van der Waals surface area contributed by atoms with Crippen LogP contribution in [0.1, 0.15) is 36.1 Å². The molecule has 0 atom stereocenters. The Balaban J connectivity index is 1.32. The number of Topliss-reactive ketones (excluding diaryl/α,β-unsaturated/α-hetero) is 1. The smallest absolute Gasteiger partial charge is 0.230 e. The van der Waals surface area contributed by atoms with Crippen LogP contribution in [0.5, 0.6) is 0 Å². The second kappa shape index (κ2) is 11.9. The minimum absolute atomic E-state index is 0.000376. The van der Waals surface area contributed by atoms with Crippen LogP contribution in [0.25, 0.3) is 0 Å². The van der Waals surface area contributed by atoms with E-state index in [-0.39, 0.29) is 24.3 Å². The highest BCUT2D eigenvalue weighted by atomic mass is 32.2. The third kappa shape index (κ3) is 7.93. The summed E-state index contributed by atoms with van der Waals surface area (Å²) in [7, 11) is 0. The zero-order valence-corrected chi connectivity index (χ0v) is 17.9. The highest BCUT2D eigenvalue weighted by Crippen LogP contribution is 2.14. The summed E-state index contributed by atoms with van der Waals surface area (Å²) in [5, 5.41) is 12.3. The van der Waals surface area contributed by atoms with E-state index in [1.165, 1.54) is 17.3 Å². The molecule has 0 radical (unpaired) electrons. The molecule has 1 amide bonds. The van der Waals surface area contributed by atoms with Gasteiger partial charge in [-0.25, -0.2) is 0 Å². The maximum absolute atomic E-state index is 12.1. The number of aromatic nitrogens is 1. The molecule has 162 valence electrons. The summed E-state index contributed by atoms with van der Waals surface area (Å²) in [5.41, 5.74) is 3.10. The summed E-state index contributed by atoms with van der Waals surface area (Å²) < 4.78 is 4.99. The van der Waals surface area contributed by atoms with Crippen molar-refractivity contribution in [1.82, 2.24) is 15.2 Å². The SMILES string of the molecule is O=C(CCc1cc(CN2CCC(O)CC2)ccn1)CNC(=O)CSCc1ccoc1. The Morgan fingerprint density at radius 2 is 2.10 bits per heavy atom. The quantitative estimate of drug-likeness (QED) is 0.563. The molecule has 3 heterocycles. The van der Waals surface area contributed by atoms with Crippen LogP contribution in [-0.4, -0.2) is 58.2 Å². The molecule has 2 aromatic rings. The standard InChI is InChI=1S/C22H29N3O4S/c26-20-4-8-25(9-5-20)13-17-3-7-23-19(11-17)1-2-21(27)12-24-22(28)16-30-15-18-6-10-29-14-18/h3,6-7,10-11,14,20,26H,1-2,4-5,8-9,12-13,15-16H2,(H,24,28). The van der Waals surface area contributed by atoms with Crippen LogP contribution in [0.3, 0.4) is 0 Å². The minimum atomic E-state index is -0.171. The maximum atomic E-state index is 12.1. The first kappa shape index (κ1) is 22.5. The van der Waals surface area contributed by atoms with E-state index in [9.17, 15) is 14.7 Å². The molecule has 2 aromatic heterocycles. The van der Waals surface area contributed by atoms with Gasteiger partial charge in [0.25, 0.3) is 0 Å². The fraction of sp³-hybridized carbons (Fsp3) is 0.500. The Labute approximate surface area is 181 Å². The van der Waals surface area contributed by atoms with Gasteiger partial charge in [-0.1, -0.05) is 0 Å². The van der Waals surface area contributed by atoms with Gasteiger partial charge in [0.1, 0.15) is 0 Å². The lowest BCUT2D eigenvalue weighted by Gasteiger charge is -2.29. The number of nitrogens with one attached hydrogen (secondary N) is 1. The lowest BCUT2D eigenvalue weighted by Crippen LogP contribution is -2.35. The molecular formula is C22H29N3O4S. The fourth-order valence-corrected chi connectivity index (χ4v) is 4.13. The summed E-state index contributed by atoms with van der Waals surface area (Å²) >= 11 is 1.49. The normalized spacial score (nSPS) is 15.2. The van der Waals surface area contributed by atoms with E-state index in [0.29, 0.717) is 24.3 Å². The first-order valence-electron chi connectivity index (χ1n) is 10.3. The van der Waals surface area contributed by atoms with Gasteiger partial charge in [-0.2, -0.15) is 0 Å². The highest BCUT2D eigenvalue weighted by molar-refractivity contribution is 7.99. The molecule has 3 rings (SSSR count). The van der Waals surface area contributed by atoms with Crippen LogP contribution in [0, 0.1) is 0 Å². The molecule has 1 aliphatic heterocycles. The molecule has 0 saturated carbocycles. The largest absolute Gasteiger partial charge is 0.472 e. The molecule has 2 N–H and O–H groups in total. The van der Waals surface area contributed by atoms with E-state index < -0.39 is 0 Å². The number of thioether (sulfide) groups is 1. The number of aryl methyl sites for hydroxylation is 1. The van der Waals surface area contributed by atoms with Gasteiger partial charge in [0.05, 0.1) is 30.9 Å². The van der Waals surface area contributed by atoms with Crippen molar-refractivity contribution in [2.45, 2.75) is 44.1 Å². The Morgan fingerprint density at radius 3 is 2.87 bits per heavy atom. The first-order valence-corrected chi connectivity index (χ1v) is 11.5. The van der Waals surface area contributed by atoms with Crippen molar-refractivity contribution in [3.05, 3.63) is 53.7 Å². The molecule has 8 heteroatoms. The molecule has 1 aliphatic rings. The molecular weight excluding hydrogens is 402 g/mol. The van der Waals surface area contributed by atoms with Crippen LogP contribution >= 0.6 is 11.8 Å². The number of hydrogen-bond acceptors (Lipinski definition) is 7. The molecule has 0 unspecified atom stereocenters. The number of amides is 1. The van der Waals surface area contributed by atoms with Crippen LogP contribution in [0.2, 0.25) is 0 Å². The number of ketones is 1. The maximum Gasteiger partial charge on any atom is 0.230 e. The molecule has 1 saturated heterocycles. The highest BCUT2D eigenvalue weighted by Gasteiger charge is 2.17. The predicted molar refractivity (Wildman–Crippen MR) is 116 cm³/mol. The monoisotopic (exact) mass is 431 g/mol. The number of aliphatic hydroxyl groups excluding tert-OH is 1. The van der Waals surface area contributed by atoms with Gasteiger partial charge in [-0.15, -0.1) is 11.8 Å². The first-order chi connectivity index (χ1) is 14.6. The minimum Gasteiger partial charge on any atom is -0.472 e. The molecule has 0 aromatic carbocycles. The van der Waals surface area contributed by atoms with Gasteiger partial charge < -0.3 is 14.8 Å². The second-order valence-electron chi connectivity index (χ2n) is 7.60. The number of rotatable bonds is 11. The molecule has 0 bridgehead atoms. The van der Waals surface area contributed by atoms with Gasteiger partial charge in [0.15, 0.2) is 5.78 Å². The van der Waals surface area contributed by atoms with E-state index in [2.05, 4.69) is 15.2 Å². The van der Waals surface area contributed by atoms with Crippen molar-refractivity contribution in [3.8, 4) is 0 Å². The van der Waals surface area contributed by atoms with Gasteiger partial charge in [0, 0.05) is 49.3 Å². The number of carbonyl (C=O) groups excluding carboxylic acids is 2. The van der Waals surface area contributed by atoms with E-state index >= 15 is 0 Å². The number of furan rings is 1. The van der Waals surface area contributed by atoms with E-state index in [1.54, 1.807) is 18.7 Å². The summed E-state index contributed by atoms with van der Waals surface area (Å²) in [6, 6.07) is 5.91. The predicted octanol–water partition coefficient (Wildman–Crippen LogP) is 2.18. The third-order valence-corrected chi connectivity index (χ3v) is 6.07. The van der Waals surface area contributed by atoms with Crippen molar-refractivity contribution < 1.29 is 19.1 Å². The second-order valence-corrected chi connectivity index (χ2v) is 8.59.